The number of benzene rings is 1. The lowest BCUT2D eigenvalue weighted by Gasteiger charge is -2.18. The maximum Gasteiger partial charge on any atom is 0.280 e. The van der Waals surface area contributed by atoms with E-state index in [0.29, 0.717) is 24.0 Å². The highest BCUT2D eigenvalue weighted by Gasteiger charge is 2.24. The molecule has 1 aromatic carbocycles. The molecule has 0 unspecified atom stereocenters. The Bertz CT molecular complexity index is 1150. The second kappa shape index (κ2) is 8.62. The maximum atomic E-state index is 13.4. The van der Waals surface area contributed by atoms with Crippen molar-refractivity contribution in [3.63, 3.8) is 0 Å². The minimum atomic E-state index is -0.199. The van der Waals surface area contributed by atoms with Gasteiger partial charge < -0.3 is 4.74 Å². The van der Waals surface area contributed by atoms with Crippen LogP contribution in [0.5, 0.6) is 5.75 Å². The molecule has 7 nitrogen and oxygen atoms in total. The Morgan fingerprint density at radius 3 is 2.80 bits per heavy atom. The molecule has 3 aromatic heterocycles. The number of aromatic nitrogens is 4. The number of thiazole rings is 1. The quantitative estimate of drug-likeness (QED) is 0.432. The number of hydrogen-bond donors (Lipinski definition) is 0. The van der Waals surface area contributed by atoms with Crippen molar-refractivity contribution in [3.8, 4) is 5.75 Å². The van der Waals surface area contributed by atoms with Gasteiger partial charge >= 0.3 is 0 Å². The number of amides is 1. The van der Waals surface area contributed by atoms with Gasteiger partial charge in [0.2, 0.25) is 0 Å². The van der Waals surface area contributed by atoms with E-state index in [2.05, 4.69) is 10.1 Å². The summed E-state index contributed by atoms with van der Waals surface area (Å²) in [5.74, 6) is 0.519. The van der Waals surface area contributed by atoms with Crippen molar-refractivity contribution in [2.75, 3.05) is 11.5 Å². The van der Waals surface area contributed by atoms with Crippen molar-refractivity contribution in [2.24, 2.45) is 0 Å². The largest absolute Gasteiger partial charge is 0.492 e. The molecule has 0 spiro atoms. The molecular weight excluding hydrogens is 398 g/mol. The number of ether oxygens (including phenoxy) is 1. The fraction of sp³-hybridized carbons (Fsp3) is 0.273. The standard InChI is InChI=1S/C22H23N5O2S/c1-4-29-18-8-5-9-19-20(18)24-22(30-19)26(14-16-7-6-11-23-13-16)21(28)17-10-12-27(25-17)15(2)3/h5-13,15H,4,14H2,1-3H3. The highest BCUT2D eigenvalue weighted by molar-refractivity contribution is 7.22. The number of carbonyl (C=O) groups is 1. The van der Waals surface area contributed by atoms with Gasteiger partial charge in [0.05, 0.1) is 17.9 Å². The molecule has 0 radical (unpaired) electrons. The number of nitrogens with zero attached hydrogens (tertiary/aromatic N) is 5. The molecule has 4 aromatic rings. The highest BCUT2D eigenvalue weighted by atomic mass is 32.1. The van der Waals surface area contributed by atoms with Crippen molar-refractivity contribution >= 4 is 32.6 Å². The predicted octanol–water partition coefficient (Wildman–Crippen LogP) is 4.71. The first-order valence-electron chi connectivity index (χ1n) is 9.85. The van der Waals surface area contributed by atoms with E-state index >= 15 is 0 Å². The Labute approximate surface area is 179 Å². The van der Waals surface area contributed by atoms with Crippen molar-refractivity contribution < 1.29 is 9.53 Å². The molecule has 0 N–H and O–H groups in total. The molecule has 0 saturated heterocycles. The summed E-state index contributed by atoms with van der Waals surface area (Å²) in [6.45, 7) is 6.90. The molecule has 30 heavy (non-hydrogen) atoms. The molecular formula is C22H23N5O2S. The van der Waals surface area contributed by atoms with E-state index in [-0.39, 0.29) is 11.9 Å². The first kappa shape index (κ1) is 20.0. The average Bonchev–Trinajstić information content (AvgIpc) is 3.40. The van der Waals surface area contributed by atoms with Gasteiger partial charge in [0.1, 0.15) is 11.3 Å². The zero-order valence-corrected chi connectivity index (χ0v) is 18.0. The number of rotatable bonds is 7. The fourth-order valence-corrected chi connectivity index (χ4v) is 4.06. The molecule has 0 aliphatic heterocycles. The van der Waals surface area contributed by atoms with Gasteiger partial charge in [-0.05, 0) is 50.6 Å². The molecule has 0 atom stereocenters. The van der Waals surface area contributed by atoms with E-state index in [1.54, 1.807) is 28.0 Å². The highest BCUT2D eigenvalue weighted by Crippen LogP contribution is 2.35. The van der Waals surface area contributed by atoms with Crippen LogP contribution in [0.15, 0.2) is 55.0 Å². The van der Waals surface area contributed by atoms with Crippen molar-refractivity contribution in [1.29, 1.82) is 0 Å². The van der Waals surface area contributed by atoms with Gasteiger partial charge in [-0.2, -0.15) is 5.10 Å². The van der Waals surface area contributed by atoms with Crippen LogP contribution >= 0.6 is 11.3 Å². The SMILES string of the molecule is CCOc1cccc2sc(N(Cc3cccnc3)C(=O)c3ccn(C(C)C)n3)nc12. The third kappa shape index (κ3) is 4.04. The fourth-order valence-electron chi connectivity index (χ4n) is 3.08. The summed E-state index contributed by atoms with van der Waals surface area (Å²) in [5.41, 5.74) is 2.06. The molecule has 4 rings (SSSR count). The van der Waals surface area contributed by atoms with Crippen molar-refractivity contribution in [2.45, 2.75) is 33.4 Å². The van der Waals surface area contributed by atoms with E-state index in [1.807, 2.05) is 57.3 Å². The first-order chi connectivity index (χ1) is 14.6. The monoisotopic (exact) mass is 421 g/mol. The third-order valence-corrected chi connectivity index (χ3v) is 5.61. The average molecular weight is 422 g/mol. The minimum Gasteiger partial charge on any atom is -0.492 e. The number of carbonyl (C=O) groups excluding carboxylic acids is 1. The van der Waals surface area contributed by atoms with E-state index in [9.17, 15) is 4.79 Å². The van der Waals surface area contributed by atoms with E-state index < -0.39 is 0 Å². The number of anilines is 1. The summed E-state index contributed by atoms with van der Waals surface area (Å²) < 4.78 is 8.46. The smallest absolute Gasteiger partial charge is 0.280 e. The second-order valence-electron chi connectivity index (χ2n) is 7.06. The van der Waals surface area contributed by atoms with Gasteiger partial charge in [0.15, 0.2) is 10.8 Å². The van der Waals surface area contributed by atoms with E-state index in [4.69, 9.17) is 9.72 Å². The van der Waals surface area contributed by atoms with Crippen LogP contribution in [0.4, 0.5) is 5.13 Å². The Morgan fingerprint density at radius 1 is 1.23 bits per heavy atom. The summed E-state index contributed by atoms with van der Waals surface area (Å²) in [7, 11) is 0. The lowest BCUT2D eigenvalue weighted by molar-refractivity contribution is 0.0979. The molecule has 0 fully saturated rings. The van der Waals surface area contributed by atoms with E-state index in [0.717, 1.165) is 21.5 Å². The lowest BCUT2D eigenvalue weighted by Crippen LogP contribution is -2.31. The van der Waals surface area contributed by atoms with Crippen LogP contribution in [-0.4, -0.2) is 32.3 Å². The van der Waals surface area contributed by atoms with Gasteiger partial charge in [0, 0.05) is 24.6 Å². The molecule has 3 heterocycles. The van der Waals surface area contributed by atoms with Gasteiger partial charge in [-0.25, -0.2) is 4.98 Å². The van der Waals surface area contributed by atoms with Crippen LogP contribution in [0, 0.1) is 0 Å². The molecule has 0 saturated carbocycles. The molecule has 1 amide bonds. The Balaban J connectivity index is 1.76. The number of fused-ring (bicyclic) bond motifs is 1. The van der Waals surface area contributed by atoms with Crippen LogP contribution in [0.3, 0.4) is 0 Å². The minimum absolute atomic E-state index is 0.175. The zero-order chi connectivity index (χ0) is 21.1. The van der Waals surface area contributed by atoms with Crippen molar-refractivity contribution in [1.82, 2.24) is 19.7 Å². The zero-order valence-electron chi connectivity index (χ0n) is 17.1. The summed E-state index contributed by atoms with van der Waals surface area (Å²) in [6.07, 6.45) is 5.30. The van der Waals surface area contributed by atoms with Gasteiger partial charge in [-0.3, -0.25) is 19.4 Å². The number of pyridine rings is 1. The molecule has 154 valence electrons. The van der Waals surface area contributed by atoms with Crippen LogP contribution in [-0.2, 0) is 6.54 Å². The second-order valence-corrected chi connectivity index (χ2v) is 8.07. The van der Waals surface area contributed by atoms with Crippen LogP contribution in [0.1, 0.15) is 42.9 Å². The first-order valence-corrected chi connectivity index (χ1v) is 10.7. The lowest BCUT2D eigenvalue weighted by atomic mass is 10.2. The van der Waals surface area contributed by atoms with Gasteiger partial charge in [-0.1, -0.05) is 23.5 Å². The van der Waals surface area contributed by atoms with Crippen molar-refractivity contribution in [3.05, 3.63) is 66.2 Å². The Morgan fingerprint density at radius 2 is 2.10 bits per heavy atom. The summed E-state index contributed by atoms with van der Waals surface area (Å²) >= 11 is 1.46. The third-order valence-electron chi connectivity index (χ3n) is 4.57. The molecule has 0 aliphatic rings. The van der Waals surface area contributed by atoms with Crippen LogP contribution in [0.2, 0.25) is 0 Å². The van der Waals surface area contributed by atoms with Crippen LogP contribution < -0.4 is 9.64 Å². The Hall–Kier alpha value is -3.26. The maximum absolute atomic E-state index is 13.4. The Kier molecular flexibility index (Phi) is 5.76. The predicted molar refractivity (Wildman–Crippen MR) is 118 cm³/mol. The topological polar surface area (TPSA) is 73.1 Å². The van der Waals surface area contributed by atoms with Gasteiger partial charge in [0.25, 0.3) is 5.91 Å². The number of hydrogen-bond acceptors (Lipinski definition) is 6. The van der Waals surface area contributed by atoms with Crippen LogP contribution in [0.25, 0.3) is 10.2 Å². The number of para-hydroxylation sites is 1. The molecule has 0 aliphatic carbocycles. The summed E-state index contributed by atoms with van der Waals surface area (Å²) in [6, 6.07) is 11.5. The van der Waals surface area contributed by atoms with E-state index in [1.165, 1.54) is 11.3 Å². The molecule has 0 bridgehead atoms. The van der Waals surface area contributed by atoms with Gasteiger partial charge in [-0.15, -0.1) is 0 Å². The molecule has 8 heteroatoms. The normalized spacial score (nSPS) is 11.2. The summed E-state index contributed by atoms with van der Waals surface area (Å²) in [4.78, 5) is 24.0. The summed E-state index contributed by atoms with van der Waals surface area (Å²) in [5, 5.41) is 5.06.